The second kappa shape index (κ2) is 7.14. The Balaban J connectivity index is 2.34. The van der Waals surface area contributed by atoms with Gasteiger partial charge in [-0.05, 0) is 29.7 Å². The van der Waals surface area contributed by atoms with E-state index in [1.54, 1.807) is 0 Å². The lowest BCUT2D eigenvalue weighted by Crippen LogP contribution is -2.09. The quantitative estimate of drug-likeness (QED) is 0.714. The molecule has 1 heterocycles. The standard InChI is InChI=1S/C14H14FNO6S2/c1-20-9-4-5-10(15)8(6-9)7-22-12-11(13(17)21-2)14(23-16-12)24(3,18)19/h4-6H,7H2,1-3H3. The van der Waals surface area contributed by atoms with Crippen LogP contribution in [-0.2, 0) is 21.2 Å². The number of halogens is 1. The molecule has 7 nitrogen and oxygen atoms in total. The third kappa shape index (κ3) is 3.82. The maximum Gasteiger partial charge on any atom is 0.345 e. The molecule has 0 unspecified atom stereocenters. The van der Waals surface area contributed by atoms with Crippen molar-refractivity contribution in [2.75, 3.05) is 20.5 Å². The molecule has 0 saturated heterocycles. The van der Waals surface area contributed by atoms with E-state index in [0.717, 1.165) is 13.4 Å². The topological polar surface area (TPSA) is 91.8 Å². The van der Waals surface area contributed by atoms with Gasteiger partial charge in [-0.3, -0.25) is 0 Å². The van der Waals surface area contributed by atoms with Crippen LogP contribution in [0.25, 0.3) is 0 Å². The van der Waals surface area contributed by atoms with Gasteiger partial charge >= 0.3 is 5.97 Å². The van der Waals surface area contributed by atoms with Crippen LogP contribution in [0.15, 0.2) is 22.4 Å². The van der Waals surface area contributed by atoms with E-state index in [2.05, 4.69) is 9.11 Å². The first-order valence-corrected chi connectivity index (χ1v) is 9.17. The number of ether oxygens (including phenoxy) is 3. The number of nitrogens with zero attached hydrogens (tertiary/aromatic N) is 1. The third-order valence-electron chi connectivity index (χ3n) is 2.97. The molecule has 0 aliphatic carbocycles. The monoisotopic (exact) mass is 375 g/mol. The molecule has 0 saturated carbocycles. The fraction of sp³-hybridized carbons (Fsp3) is 0.286. The molecule has 0 aliphatic rings. The van der Waals surface area contributed by atoms with Crippen molar-refractivity contribution < 1.29 is 31.8 Å². The van der Waals surface area contributed by atoms with Gasteiger partial charge in [-0.1, -0.05) is 0 Å². The van der Waals surface area contributed by atoms with Gasteiger partial charge in [0.15, 0.2) is 19.6 Å². The molecule has 2 rings (SSSR count). The predicted molar refractivity (Wildman–Crippen MR) is 83.8 cm³/mol. The molecule has 130 valence electrons. The third-order valence-corrected chi connectivity index (χ3v) is 5.61. The molecule has 10 heteroatoms. The molecule has 0 N–H and O–H groups in total. The molecule has 0 aliphatic heterocycles. The number of hydrogen-bond acceptors (Lipinski definition) is 8. The van der Waals surface area contributed by atoms with Crippen molar-refractivity contribution in [2.24, 2.45) is 0 Å². The van der Waals surface area contributed by atoms with Gasteiger partial charge in [-0.2, -0.15) is 4.37 Å². The molecule has 0 fully saturated rings. The largest absolute Gasteiger partial charge is 0.497 e. The summed E-state index contributed by atoms with van der Waals surface area (Å²) in [6.45, 7) is -0.264. The summed E-state index contributed by atoms with van der Waals surface area (Å²) in [5, 5.41) is 0. The number of carbonyl (C=O) groups excluding carboxylic acids is 1. The highest BCUT2D eigenvalue weighted by Crippen LogP contribution is 2.31. The minimum absolute atomic E-state index is 0.166. The number of rotatable bonds is 6. The van der Waals surface area contributed by atoms with Gasteiger partial charge in [0.1, 0.15) is 18.2 Å². The summed E-state index contributed by atoms with van der Waals surface area (Å²) in [5.41, 5.74) is -0.132. The van der Waals surface area contributed by atoms with Crippen molar-refractivity contribution in [3.63, 3.8) is 0 Å². The van der Waals surface area contributed by atoms with Crippen LogP contribution in [-0.4, -0.2) is 39.2 Å². The number of aromatic nitrogens is 1. The minimum atomic E-state index is -3.69. The number of esters is 1. The number of benzene rings is 1. The van der Waals surface area contributed by atoms with E-state index in [4.69, 9.17) is 9.47 Å². The van der Waals surface area contributed by atoms with Gasteiger partial charge in [0.05, 0.1) is 14.2 Å². The van der Waals surface area contributed by atoms with Crippen LogP contribution in [0, 0.1) is 5.82 Å². The van der Waals surface area contributed by atoms with Crippen LogP contribution in [0.1, 0.15) is 15.9 Å². The van der Waals surface area contributed by atoms with Gasteiger partial charge in [-0.15, -0.1) is 0 Å². The van der Waals surface area contributed by atoms with E-state index in [-0.39, 0.29) is 27.8 Å². The Bertz CT molecular complexity index is 862. The van der Waals surface area contributed by atoms with Gasteiger partial charge in [0, 0.05) is 11.8 Å². The summed E-state index contributed by atoms with van der Waals surface area (Å²) in [4.78, 5) is 11.8. The Labute approximate surface area is 142 Å². The maximum atomic E-state index is 13.8. The lowest BCUT2D eigenvalue weighted by molar-refractivity contribution is 0.0591. The van der Waals surface area contributed by atoms with Crippen LogP contribution >= 0.6 is 11.5 Å². The van der Waals surface area contributed by atoms with E-state index < -0.39 is 21.6 Å². The van der Waals surface area contributed by atoms with Crippen LogP contribution in [0.5, 0.6) is 11.6 Å². The second-order valence-corrected chi connectivity index (χ2v) is 7.64. The number of sulfone groups is 1. The average molecular weight is 375 g/mol. The van der Waals surface area contributed by atoms with E-state index in [9.17, 15) is 17.6 Å². The zero-order valence-electron chi connectivity index (χ0n) is 13.0. The van der Waals surface area contributed by atoms with E-state index in [1.165, 1.54) is 25.3 Å². The Hall–Kier alpha value is -2.20. The molecular formula is C14H14FNO6S2. The molecule has 0 amide bonds. The second-order valence-electron chi connectivity index (χ2n) is 4.66. The Kier molecular flexibility index (Phi) is 5.40. The van der Waals surface area contributed by atoms with E-state index in [1.807, 2.05) is 0 Å². The summed E-state index contributed by atoms with van der Waals surface area (Å²) in [6.07, 6.45) is 0.943. The van der Waals surface area contributed by atoms with Crippen molar-refractivity contribution in [3.05, 3.63) is 35.1 Å². The summed E-state index contributed by atoms with van der Waals surface area (Å²) in [6, 6.07) is 4.09. The van der Waals surface area contributed by atoms with Crippen molar-refractivity contribution >= 4 is 27.3 Å². The molecule has 2 aromatic rings. The van der Waals surface area contributed by atoms with Crippen LogP contribution in [0.4, 0.5) is 4.39 Å². The van der Waals surface area contributed by atoms with Gasteiger partial charge < -0.3 is 14.2 Å². The zero-order valence-corrected chi connectivity index (χ0v) is 14.7. The maximum absolute atomic E-state index is 13.8. The first kappa shape index (κ1) is 18.1. The molecule has 0 radical (unpaired) electrons. The minimum Gasteiger partial charge on any atom is -0.497 e. The lowest BCUT2D eigenvalue weighted by Gasteiger charge is -2.08. The number of hydrogen-bond donors (Lipinski definition) is 0. The Morgan fingerprint density at radius 3 is 2.62 bits per heavy atom. The molecule has 1 aromatic carbocycles. The highest BCUT2D eigenvalue weighted by atomic mass is 32.2. The Morgan fingerprint density at radius 2 is 2.04 bits per heavy atom. The molecular weight excluding hydrogens is 361 g/mol. The van der Waals surface area contributed by atoms with Crippen LogP contribution in [0.3, 0.4) is 0 Å². The van der Waals surface area contributed by atoms with Crippen LogP contribution < -0.4 is 9.47 Å². The lowest BCUT2D eigenvalue weighted by atomic mass is 10.2. The first-order chi connectivity index (χ1) is 11.3. The SMILES string of the molecule is COC(=O)c1c(OCc2cc(OC)ccc2F)nsc1S(C)(=O)=O. The summed E-state index contributed by atoms with van der Waals surface area (Å²) >= 11 is 0.592. The van der Waals surface area contributed by atoms with Gasteiger partial charge in [-0.25, -0.2) is 17.6 Å². The highest BCUT2D eigenvalue weighted by molar-refractivity contribution is 7.92. The molecule has 0 bridgehead atoms. The summed E-state index contributed by atoms with van der Waals surface area (Å²) < 4.78 is 55.7. The molecule has 24 heavy (non-hydrogen) atoms. The molecule has 1 aromatic heterocycles. The van der Waals surface area contributed by atoms with Crippen molar-refractivity contribution in [2.45, 2.75) is 10.8 Å². The molecule has 0 spiro atoms. The van der Waals surface area contributed by atoms with E-state index >= 15 is 0 Å². The normalized spacial score (nSPS) is 11.2. The van der Waals surface area contributed by atoms with E-state index in [0.29, 0.717) is 17.3 Å². The Morgan fingerprint density at radius 1 is 1.33 bits per heavy atom. The fourth-order valence-electron chi connectivity index (χ4n) is 1.82. The van der Waals surface area contributed by atoms with Gasteiger partial charge in [0.2, 0.25) is 5.88 Å². The van der Waals surface area contributed by atoms with Crippen molar-refractivity contribution in [1.82, 2.24) is 4.37 Å². The molecule has 0 atom stereocenters. The highest BCUT2D eigenvalue weighted by Gasteiger charge is 2.29. The first-order valence-electron chi connectivity index (χ1n) is 6.51. The predicted octanol–water partition coefficient (Wildman–Crippen LogP) is 2.06. The number of carbonyl (C=O) groups is 1. The average Bonchev–Trinajstić information content (AvgIpc) is 2.97. The van der Waals surface area contributed by atoms with Crippen LogP contribution in [0.2, 0.25) is 0 Å². The smallest absolute Gasteiger partial charge is 0.345 e. The fourth-order valence-corrected chi connectivity index (χ4v) is 3.59. The van der Waals surface area contributed by atoms with Crippen molar-refractivity contribution in [1.29, 1.82) is 0 Å². The van der Waals surface area contributed by atoms with Gasteiger partial charge in [0.25, 0.3) is 0 Å². The van der Waals surface area contributed by atoms with Crippen molar-refractivity contribution in [3.8, 4) is 11.6 Å². The zero-order chi connectivity index (χ0) is 17.9. The summed E-state index contributed by atoms with van der Waals surface area (Å²) in [7, 11) is -1.14. The number of methoxy groups -OCH3 is 2. The summed E-state index contributed by atoms with van der Waals surface area (Å²) in [5.74, 6) is -1.23.